The molecule has 0 bridgehead atoms. The number of hydrogen-bond acceptors (Lipinski definition) is 4. The number of hydrogen-bond donors (Lipinski definition) is 1. The van der Waals surface area contributed by atoms with E-state index in [0.717, 1.165) is 12.8 Å². The summed E-state index contributed by atoms with van der Waals surface area (Å²) in [6.07, 6.45) is 3.59. The smallest absolute Gasteiger partial charge is 0.301 e. The minimum absolute atomic E-state index is 0.0972. The van der Waals surface area contributed by atoms with Crippen molar-refractivity contribution in [2.45, 2.75) is 18.9 Å². The van der Waals surface area contributed by atoms with Gasteiger partial charge in [-0.25, -0.2) is 0 Å². The van der Waals surface area contributed by atoms with Crippen molar-refractivity contribution in [1.82, 2.24) is 4.98 Å². The molecule has 1 heterocycles. The van der Waals surface area contributed by atoms with E-state index in [4.69, 9.17) is 0 Å². The highest BCUT2D eigenvalue weighted by molar-refractivity contribution is 5.94. The van der Waals surface area contributed by atoms with Crippen molar-refractivity contribution in [3.63, 3.8) is 0 Å². The SMILES string of the molecule is O=[N+]([O-])c1c(N[C@@H]2CCc3ccccc32)ccc2ncccc12. The molecule has 0 saturated carbocycles. The van der Waals surface area contributed by atoms with Gasteiger partial charge in [0.15, 0.2) is 0 Å². The van der Waals surface area contributed by atoms with Gasteiger partial charge in [-0.1, -0.05) is 24.3 Å². The van der Waals surface area contributed by atoms with Gasteiger partial charge in [0, 0.05) is 6.20 Å². The van der Waals surface area contributed by atoms with Crippen LogP contribution in [0.3, 0.4) is 0 Å². The van der Waals surface area contributed by atoms with Crippen molar-refractivity contribution < 1.29 is 4.92 Å². The van der Waals surface area contributed by atoms with Crippen LogP contribution in [0.2, 0.25) is 0 Å². The lowest BCUT2D eigenvalue weighted by atomic mass is 10.1. The number of nitro groups is 1. The Labute approximate surface area is 133 Å². The van der Waals surface area contributed by atoms with E-state index in [0.29, 0.717) is 16.6 Å². The second kappa shape index (κ2) is 5.35. The maximum Gasteiger partial charge on any atom is 0.301 e. The van der Waals surface area contributed by atoms with E-state index in [1.54, 1.807) is 24.4 Å². The third-order valence-electron chi connectivity index (χ3n) is 4.40. The zero-order chi connectivity index (χ0) is 15.8. The predicted octanol–water partition coefficient (Wildman–Crippen LogP) is 4.24. The number of aromatic nitrogens is 1. The summed E-state index contributed by atoms with van der Waals surface area (Å²) in [7, 11) is 0. The van der Waals surface area contributed by atoms with E-state index in [9.17, 15) is 10.1 Å². The Morgan fingerprint density at radius 2 is 2.00 bits per heavy atom. The molecule has 0 radical (unpaired) electrons. The largest absolute Gasteiger partial charge is 0.373 e. The molecule has 1 N–H and O–H groups in total. The summed E-state index contributed by atoms with van der Waals surface area (Å²) in [6, 6.07) is 15.4. The van der Waals surface area contributed by atoms with Crippen LogP contribution in [0.4, 0.5) is 11.4 Å². The third-order valence-corrected chi connectivity index (χ3v) is 4.40. The first-order valence-corrected chi connectivity index (χ1v) is 7.60. The summed E-state index contributed by atoms with van der Waals surface area (Å²) in [5, 5.41) is 15.5. The van der Waals surface area contributed by atoms with Crippen molar-refractivity contribution in [1.29, 1.82) is 0 Å². The standard InChI is InChI=1S/C18H15N3O2/c22-21(23)18-14-6-3-11-19-15(14)9-10-17(18)20-16-8-7-12-4-1-2-5-13(12)16/h1-6,9-11,16,20H,7-8H2/t16-/m1/s1. The van der Waals surface area contributed by atoms with Gasteiger partial charge in [-0.15, -0.1) is 0 Å². The average molecular weight is 305 g/mol. The fourth-order valence-electron chi connectivity index (χ4n) is 3.34. The molecule has 0 unspecified atom stereocenters. The van der Waals surface area contributed by atoms with Crippen LogP contribution in [0.1, 0.15) is 23.6 Å². The Kier molecular flexibility index (Phi) is 3.19. The Bertz CT molecular complexity index is 908. The van der Waals surface area contributed by atoms with Gasteiger partial charge in [-0.05, 0) is 48.2 Å². The molecular weight excluding hydrogens is 290 g/mol. The number of pyridine rings is 1. The van der Waals surface area contributed by atoms with Gasteiger partial charge in [0.25, 0.3) is 0 Å². The van der Waals surface area contributed by atoms with Crippen LogP contribution in [0, 0.1) is 10.1 Å². The maximum absolute atomic E-state index is 11.6. The molecule has 1 aromatic heterocycles. The van der Waals surface area contributed by atoms with E-state index in [1.807, 2.05) is 18.2 Å². The fourth-order valence-corrected chi connectivity index (χ4v) is 3.34. The van der Waals surface area contributed by atoms with E-state index in [2.05, 4.69) is 22.4 Å². The molecule has 1 aliphatic carbocycles. The van der Waals surface area contributed by atoms with Crippen LogP contribution in [0.25, 0.3) is 10.9 Å². The van der Waals surface area contributed by atoms with Gasteiger partial charge >= 0.3 is 5.69 Å². The number of fused-ring (bicyclic) bond motifs is 2. The molecule has 3 aromatic rings. The lowest BCUT2D eigenvalue weighted by molar-refractivity contribution is -0.382. The maximum atomic E-state index is 11.6. The monoisotopic (exact) mass is 305 g/mol. The van der Waals surface area contributed by atoms with Gasteiger partial charge in [0.1, 0.15) is 5.69 Å². The van der Waals surface area contributed by atoms with Crippen molar-refractivity contribution in [3.8, 4) is 0 Å². The lowest BCUT2D eigenvalue weighted by Gasteiger charge is -2.16. The molecular formula is C18H15N3O2. The van der Waals surface area contributed by atoms with Crippen molar-refractivity contribution in [3.05, 3.63) is 76.0 Å². The highest BCUT2D eigenvalue weighted by Crippen LogP contribution is 2.38. The Morgan fingerprint density at radius 1 is 1.13 bits per heavy atom. The Hall–Kier alpha value is -2.95. The van der Waals surface area contributed by atoms with Gasteiger partial charge < -0.3 is 5.32 Å². The second-order valence-electron chi connectivity index (χ2n) is 5.72. The lowest BCUT2D eigenvalue weighted by Crippen LogP contribution is -2.09. The van der Waals surface area contributed by atoms with Gasteiger partial charge in [-0.3, -0.25) is 15.1 Å². The number of nitro benzene ring substituents is 1. The minimum atomic E-state index is -0.326. The van der Waals surface area contributed by atoms with Crippen LogP contribution < -0.4 is 5.32 Å². The molecule has 23 heavy (non-hydrogen) atoms. The molecule has 0 amide bonds. The molecule has 0 spiro atoms. The molecule has 5 nitrogen and oxygen atoms in total. The van der Waals surface area contributed by atoms with Crippen LogP contribution >= 0.6 is 0 Å². The summed E-state index contributed by atoms with van der Waals surface area (Å²) < 4.78 is 0. The topological polar surface area (TPSA) is 68.1 Å². The summed E-state index contributed by atoms with van der Waals surface area (Å²) >= 11 is 0. The number of nitrogens with one attached hydrogen (secondary N) is 1. The second-order valence-corrected chi connectivity index (χ2v) is 5.72. The van der Waals surface area contributed by atoms with E-state index in [-0.39, 0.29) is 16.7 Å². The van der Waals surface area contributed by atoms with Gasteiger partial charge in [0.05, 0.1) is 21.9 Å². The minimum Gasteiger partial charge on any atom is -0.373 e. The summed E-state index contributed by atoms with van der Waals surface area (Å²) in [4.78, 5) is 15.5. The van der Waals surface area contributed by atoms with E-state index >= 15 is 0 Å². The summed E-state index contributed by atoms with van der Waals surface area (Å²) in [6.45, 7) is 0. The third kappa shape index (κ3) is 2.30. The summed E-state index contributed by atoms with van der Waals surface area (Å²) in [5.41, 5.74) is 3.83. The first kappa shape index (κ1) is 13.7. The van der Waals surface area contributed by atoms with Crippen molar-refractivity contribution in [2.24, 2.45) is 0 Å². The van der Waals surface area contributed by atoms with Crippen LogP contribution in [0.5, 0.6) is 0 Å². The first-order chi connectivity index (χ1) is 11.2. The molecule has 114 valence electrons. The molecule has 5 heteroatoms. The highest BCUT2D eigenvalue weighted by atomic mass is 16.6. The van der Waals surface area contributed by atoms with Gasteiger partial charge in [-0.2, -0.15) is 0 Å². The van der Waals surface area contributed by atoms with Crippen LogP contribution in [-0.2, 0) is 6.42 Å². The molecule has 0 fully saturated rings. The van der Waals surface area contributed by atoms with Crippen molar-refractivity contribution in [2.75, 3.05) is 5.32 Å². The zero-order valence-corrected chi connectivity index (χ0v) is 12.4. The number of nitrogens with zero attached hydrogens (tertiary/aromatic N) is 2. The first-order valence-electron chi connectivity index (χ1n) is 7.60. The molecule has 0 saturated heterocycles. The van der Waals surface area contributed by atoms with Crippen molar-refractivity contribution >= 4 is 22.3 Å². The molecule has 4 rings (SSSR count). The average Bonchev–Trinajstić information content (AvgIpc) is 2.97. The Balaban J connectivity index is 1.78. The Morgan fingerprint density at radius 3 is 2.87 bits per heavy atom. The molecule has 2 aromatic carbocycles. The number of benzene rings is 2. The molecule has 1 atom stereocenters. The highest BCUT2D eigenvalue weighted by Gasteiger charge is 2.26. The number of aryl methyl sites for hydroxylation is 1. The summed E-state index contributed by atoms with van der Waals surface area (Å²) in [5.74, 6) is 0. The normalized spacial score (nSPS) is 16.3. The fraction of sp³-hybridized carbons (Fsp3) is 0.167. The zero-order valence-electron chi connectivity index (χ0n) is 12.4. The molecule has 1 aliphatic rings. The number of anilines is 1. The van der Waals surface area contributed by atoms with Crippen LogP contribution in [0.15, 0.2) is 54.7 Å². The predicted molar refractivity (Wildman–Crippen MR) is 89.5 cm³/mol. The van der Waals surface area contributed by atoms with E-state index < -0.39 is 0 Å². The number of rotatable bonds is 3. The quantitative estimate of drug-likeness (QED) is 0.580. The van der Waals surface area contributed by atoms with Crippen LogP contribution in [-0.4, -0.2) is 9.91 Å². The van der Waals surface area contributed by atoms with Gasteiger partial charge in [0.2, 0.25) is 0 Å². The van der Waals surface area contributed by atoms with E-state index in [1.165, 1.54) is 11.1 Å². The molecule has 0 aliphatic heterocycles.